The van der Waals surface area contributed by atoms with E-state index in [4.69, 9.17) is 9.26 Å². The van der Waals surface area contributed by atoms with Gasteiger partial charge in [0, 0.05) is 17.7 Å². The lowest BCUT2D eigenvalue weighted by Crippen LogP contribution is -2.24. The number of hydrogen-bond acceptors (Lipinski definition) is 6. The molecule has 1 N–H and O–H groups in total. The molecule has 2 heterocycles. The van der Waals surface area contributed by atoms with E-state index in [1.807, 2.05) is 48.5 Å². The topological polar surface area (TPSA) is 80.5 Å². The number of methoxy groups -OCH3 is 1. The quantitative estimate of drug-likeness (QED) is 0.621. The standard InChI is InChI=1S/C24H28N4O3/c1-30-21-8-6-7-20(15-21)23-26-22(31-27-23)16-25-24(29)19-11-9-18(10-12-19)17-28-13-4-2-3-5-14-28/h6-12,15H,2-5,13-14,16-17H2,1H3,(H,25,29). The Bertz CT molecular complexity index is 992. The zero-order valence-corrected chi connectivity index (χ0v) is 17.8. The Kier molecular flexibility index (Phi) is 6.94. The van der Waals surface area contributed by atoms with Crippen LogP contribution >= 0.6 is 0 Å². The fraction of sp³-hybridized carbons (Fsp3) is 0.375. The second-order valence-corrected chi connectivity index (χ2v) is 7.81. The molecule has 0 radical (unpaired) electrons. The van der Waals surface area contributed by atoms with Gasteiger partial charge in [-0.05, 0) is 55.8 Å². The highest BCUT2D eigenvalue weighted by Gasteiger charge is 2.13. The van der Waals surface area contributed by atoms with Crippen molar-refractivity contribution in [3.05, 3.63) is 65.5 Å². The first kappa shape index (κ1) is 21.1. The molecule has 0 saturated carbocycles. The van der Waals surface area contributed by atoms with E-state index in [1.165, 1.54) is 31.2 Å². The lowest BCUT2D eigenvalue weighted by atomic mass is 10.1. The van der Waals surface area contributed by atoms with Crippen LogP contribution in [0.1, 0.15) is 47.5 Å². The van der Waals surface area contributed by atoms with Crippen molar-refractivity contribution in [2.24, 2.45) is 0 Å². The van der Waals surface area contributed by atoms with Gasteiger partial charge in [0.1, 0.15) is 5.75 Å². The third kappa shape index (κ3) is 5.70. The highest BCUT2D eigenvalue weighted by Crippen LogP contribution is 2.21. The summed E-state index contributed by atoms with van der Waals surface area (Å²) in [6.07, 6.45) is 5.21. The highest BCUT2D eigenvalue weighted by molar-refractivity contribution is 5.94. The number of likely N-dealkylation sites (tertiary alicyclic amines) is 1. The van der Waals surface area contributed by atoms with E-state index in [2.05, 4.69) is 20.4 Å². The summed E-state index contributed by atoms with van der Waals surface area (Å²) in [7, 11) is 1.61. The number of hydrogen-bond donors (Lipinski definition) is 1. The molecule has 162 valence electrons. The first-order valence-corrected chi connectivity index (χ1v) is 10.8. The average molecular weight is 421 g/mol. The van der Waals surface area contributed by atoms with E-state index in [-0.39, 0.29) is 12.5 Å². The Balaban J connectivity index is 1.31. The lowest BCUT2D eigenvalue weighted by molar-refractivity contribution is 0.0946. The van der Waals surface area contributed by atoms with E-state index >= 15 is 0 Å². The Labute approximate surface area is 182 Å². The van der Waals surface area contributed by atoms with Crippen LogP contribution in [0.15, 0.2) is 53.1 Å². The van der Waals surface area contributed by atoms with Gasteiger partial charge < -0.3 is 14.6 Å². The molecular formula is C24H28N4O3. The smallest absolute Gasteiger partial charge is 0.251 e. The summed E-state index contributed by atoms with van der Waals surface area (Å²) in [6, 6.07) is 15.2. The predicted molar refractivity (Wildman–Crippen MR) is 118 cm³/mol. The third-order valence-electron chi connectivity index (χ3n) is 5.52. The Morgan fingerprint density at radius 1 is 1.10 bits per heavy atom. The highest BCUT2D eigenvalue weighted by atomic mass is 16.5. The molecule has 1 aliphatic rings. The van der Waals surface area contributed by atoms with E-state index in [0.29, 0.717) is 17.3 Å². The minimum absolute atomic E-state index is 0.164. The molecule has 1 aliphatic heterocycles. The van der Waals surface area contributed by atoms with Crippen LogP contribution in [0.25, 0.3) is 11.4 Å². The Hall–Kier alpha value is -3.19. The van der Waals surface area contributed by atoms with Crippen LogP contribution < -0.4 is 10.1 Å². The maximum atomic E-state index is 12.5. The normalized spacial score (nSPS) is 14.7. The van der Waals surface area contributed by atoms with Crippen LogP contribution in [0.2, 0.25) is 0 Å². The van der Waals surface area contributed by atoms with Gasteiger partial charge in [-0.25, -0.2) is 0 Å². The van der Waals surface area contributed by atoms with Gasteiger partial charge in [0.25, 0.3) is 5.91 Å². The van der Waals surface area contributed by atoms with Gasteiger partial charge in [-0.3, -0.25) is 9.69 Å². The van der Waals surface area contributed by atoms with Crippen molar-refractivity contribution in [3.63, 3.8) is 0 Å². The molecule has 1 aromatic heterocycles. The molecule has 1 saturated heterocycles. The van der Waals surface area contributed by atoms with Gasteiger partial charge in [0.05, 0.1) is 13.7 Å². The van der Waals surface area contributed by atoms with E-state index in [1.54, 1.807) is 7.11 Å². The molecule has 1 amide bonds. The molecule has 0 aliphatic carbocycles. The van der Waals surface area contributed by atoms with Crippen molar-refractivity contribution >= 4 is 5.91 Å². The number of benzene rings is 2. The number of aromatic nitrogens is 2. The molecule has 0 spiro atoms. The maximum absolute atomic E-state index is 12.5. The second kappa shape index (κ2) is 10.2. The molecule has 3 aromatic rings. The molecule has 31 heavy (non-hydrogen) atoms. The average Bonchev–Trinajstić information content (AvgIpc) is 3.14. The van der Waals surface area contributed by atoms with Crippen molar-refractivity contribution in [1.29, 1.82) is 0 Å². The maximum Gasteiger partial charge on any atom is 0.251 e. The number of carbonyl (C=O) groups is 1. The second-order valence-electron chi connectivity index (χ2n) is 7.81. The number of amides is 1. The molecule has 0 bridgehead atoms. The van der Waals surface area contributed by atoms with E-state index in [0.717, 1.165) is 30.9 Å². The van der Waals surface area contributed by atoms with Crippen molar-refractivity contribution in [2.45, 2.75) is 38.8 Å². The lowest BCUT2D eigenvalue weighted by Gasteiger charge is -2.19. The van der Waals surface area contributed by atoms with Gasteiger partial charge in [0.15, 0.2) is 0 Å². The molecule has 0 unspecified atom stereocenters. The zero-order chi connectivity index (χ0) is 21.5. The van der Waals surface area contributed by atoms with Crippen molar-refractivity contribution in [1.82, 2.24) is 20.4 Å². The fourth-order valence-corrected chi connectivity index (χ4v) is 3.78. The van der Waals surface area contributed by atoms with Crippen LogP contribution in [0.4, 0.5) is 0 Å². The number of nitrogens with zero attached hydrogens (tertiary/aromatic N) is 3. The number of nitrogens with one attached hydrogen (secondary N) is 1. The van der Waals surface area contributed by atoms with Crippen LogP contribution in [0, 0.1) is 0 Å². The van der Waals surface area contributed by atoms with Gasteiger partial charge in [-0.2, -0.15) is 4.98 Å². The zero-order valence-electron chi connectivity index (χ0n) is 17.8. The largest absolute Gasteiger partial charge is 0.497 e. The van der Waals surface area contributed by atoms with Crippen LogP contribution in [-0.2, 0) is 13.1 Å². The van der Waals surface area contributed by atoms with Crippen LogP contribution in [-0.4, -0.2) is 41.1 Å². The van der Waals surface area contributed by atoms with Gasteiger partial charge >= 0.3 is 0 Å². The summed E-state index contributed by atoms with van der Waals surface area (Å²) in [5.74, 6) is 1.36. The predicted octanol–water partition coefficient (Wildman–Crippen LogP) is 4.05. The van der Waals surface area contributed by atoms with E-state index in [9.17, 15) is 4.79 Å². The Morgan fingerprint density at radius 2 is 1.87 bits per heavy atom. The summed E-state index contributed by atoms with van der Waals surface area (Å²) >= 11 is 0. The summed E-state index contributed by atoms with van der Waals surface area (Å²) in [4.78, 5) is 19.3. The minimum Gasteiger partial charge on any atom is -0.497 e. The van der Waals surface area contributed by atoms with Crippen molar-refractivity contribution in [3.8, 4) is 17.1 Å². The summed E-state index contributed by atoms with van der Waals surface area (Å²) < 4.78 is 10.5. The SMILES string of the molecule is COc1cccc(-c2noc(CNC(=O)c3ccc(CN4CCCCCC4)cc3)n2)c1. The first-order chi connectivity index (χ1) is 15.2. The van der Waals surface area contributed by atoms with Gasteiger partial charge in [-0.15, -0.1) is 0 Å². The number of ether oxygens (including phenoxy) is 1. The molecular weight excluding hydrogens is 392 g/mol. The molecule has 4 rings (SSSR count). The van der Waals surface area contributed by atoms with E-state index < -0.39 is 0 Å². The third-order valence-corrected chi connectivity index (χ3v) is 5.52. The molecule has 0 atom stereocenters. The monoisotopic (exact) mass is 420 g/mol. The van der Waals surface area contributed by atoms with Crippen LogP contribution in [0.5, 0.6) is 5.75 Å². The van der Waals surface area contributed by atoms with Crippen molar-refractivity contribution < 1.29 is 14.1 Å². The summed E-state index contributed by atoms with van der Waals surface area (Å²) in [5, 5.41) is 6.83. The van der Waals surface area contributed by atoms with Crippen molar-refractivity contribution in [2.75, 3.05) is 20.2 Å². The Morgan fingerprint density at radius 3 is 2.61 bits per heavy atom. The van der Waals surface area contributed by atoms with Gasteiger partial charge in [0.2, 0.25) is 11.7 Å². The first-order valence-electron chi connectivity index (χ1n) is 10.8. The fourth-order valence-electron chi connectivity index (χ4n) is 3.78. The summed E-state index contributed by atoms with van der Waals surface area (Å²) in [5.41, 5.74) is 2.64. The van der Waals surface area contributed by atoms with Gasteiger partial charge in [-0.1, -0.05) is 42.3 Å². The number of rotatable bonds is 7. The van der Waals surface area contributed by atoms with Crippen LogP contribution in [0.3, 0.4) is 0 Å². The summed E-state index contributed by atoms with van der Waals surface area (Å²) in [6.45, 7) is 3.43. The molecule has 2 aromatic carbocycles. The molecule has 7 nitrogen and oxygen atoms in total. The molecule has 1 fully saturated rings. The number of carbonyl (C=O) groups excluding carboxylic acids is 1. The molecule has 7 heteroatoms. The minimum atomic E-state index is -0.164.